The molecule has 0 spiro atoms. The van der Waals surface area contributed by atoms with E-state index in [-0.39, 0.29) is 11.8 Å². The van der Waals surface area contributed by atoms with Crippen LogP contribution >= 0.6 is 0 Å². The van der Waals surface area contributed by atoms with Crippen molar-refractivity contribution in [2.45, 2.75) is 103 Å². The molecule has 2 aromatic carbocycles. The Morgan fingerprint density at radius 2 is 1.37 bits per heavy atom. The van der Waals surface area contributed by atoms with Crippen molar-refractivity contribution in [1.29, 1.82) is 0 Å². The number of benzene rings is 2. The van der Waals surface area contributed by atoms with E-state index in [1.54, 1.807) is 13.2 Å². The molecule has 7 heterocycles. The van der Waals surface area contributed by atoms with Crippen LogP contribution in [0.2, 0.25) is 0 Å². The second-order valence-electron chi connectivity index (χ2n) is 21.3. The number of aryl methyl sites for hydroxylation is 1. The molecular formula is C57H75N7O7. The van der Waals surface area contributed by atoms with Crippen molar-refractivity contribution in [2.75, 3.05) is 96.9 Å². The zero-order valence-corrected chi connectivity index (χ0v) is 42.4. The predicted molar refractivity (Wildman–Crippen MR) is 281 cm³/mol. The highest BCUT2D eigenvalue weighted by molar-refractivity contribution is 5.97. The standard InChI is InChI=1S/C57H75N7O7/c1-38-9-11-52(70-38)50-33-46(59-41-13-18-57(2,66)19-14-41)44-31-55(67-4)56(35-48(44)61-50)69-28-8-23-64-26-17-40(37-64)29-42-10-12-53(71-42)49-32-45(58-36-39-15-24-62(3)25-16-39)43-30-51(65)54(34-47(43)60-49)68-27-7-22-63-20-5-6-21-63/h9-12,30-35,39-41,65-66H,5-8,13-29,36-37H2,1-4H3,(H,58,60)(H,59,61). The quantitative estimate of drug-likeness (QED) is 0.0537. The molecule has 14 nitrogen and oxygen atoms in total. The van der Waals surface area contributed by atoms with E-state index in [4.69, 9.17) is 33.0 Å². The summed E-state index contributed by atoms with van der Waals surface area (Å²) < 4.78 is 31.1. The van der Waals surface area contributed by atoms with Crippen LogP contribution in [0.1, 0.15) is 89.1 Å². The number of aliphatic hydroxyl groups is 1. The summed E-state index contributed by atoms with van der Waals surface area (Å²) in [6, 6.07) is 20.2. The highest BCUT2D eigenvalue weighted by atomic mass is 16.5. The van der Waals surface area contributed by atoms with Crippen LogP contribution < -0.4 is 24.8 Å². The maximum absolute atomic E-state index is 11.1. The largest absolute Gasteiger partial charge is 0.504 e. The van der Waals surface area contributed by atoms with Crippen molar-refractivity contribution in [1.82, 2.24) is 24.7 Å². The normalized spacial score (nSPS) is 21.6. The summed E-state index contributed by atoms with van der Waals surface area (Å²) >= 11 is 0. The van der Waals surface area contributed by atoms with Crippen molar-refractivity contribution >= 4 is 33.2 Å². The van der Waals surface area contributed by atoms with Crippen molar-refractivity contribution in [2.24, 2.45) is 11.8 Å². The molecule has 0 bridgehead atoms. The molecule has 1 atom stereocenters. The molecule has 14 heteroatoms. The molecule has 380 valence electrons. The number of aromatic hydroxyl groups is 1. The van der Waals surface area contributed by atoms with Gasteiger partial charge in [-0.1, -0.05) is 0 Å². The summed E-state index contributed by atoms with van der Waals surface area (Å²) in [7, 11) is 3.88. The molecule has 6 aromatic rings. The van der Waals surface area contributed by atoms with Crippen molar-refractivity contribution in [3.63, 3.8) is 0 Å². The molecule has 0 radical (unpaired) electrons. The van der Waals surface area contributed by atoms with Crippen molar-refractivity contribution in [3.05, 3.63) is 72.2 Å². The Morgan fingerprint density at radius 3 is 2.08 bits per heavy atom. The van der Waals surface area contributed by atoms with E-state index >= 15 is 0 Å². The maximum atomic E-state index is 11.1. The lowest BCUT2D eigenvalue weighted by atomic mass is 9.83. The monoisotopic (exact) mass is 970 g/mol. The smallest absolute Gasteiger partial charge is 0.163 e. The summed E-state index contributed by atoms with van der Waals surface area (Å²) in [6.45, 7) is 14.4. The first kappa shape index (κ1) is 49.1. The van der Waals surface area contributed by atoms with Gasteiger partial charge in [-0.25, -0.2) is 9.97 Å². The number of nitrogens with zero attached hydrogens (tertiary/aromatic N) is 5. The Kier molecular flexibility index (Phi) is 15.2. The van der Waals surface area contributed by atoms with Gasteiger partial charge < -0.3 is 58.6 Å². The van der Waals surface area contributed by atoms with Crippen LogP contribution in [0, 0.1) is 18.8 Å². The average molecular weight is 970 g/mol. The Morgan fingerprint density at radius 1 is 0.718 bits per heavy atom. The number of methoxy groups -OCH3 is 1. The van der Waals surface area contributed by atoms with Crippen LogP contribution in [0.25, 0.3) is 44.7 Å². The lowest BCUT2D eigenvalue weighted by Gasteiger charge is -2.34. The summed E-state index contributed by atoms with van der Waals surface area (Å²) in [5, 5.41) is 31.1. The van der Waals surface area contributed by atoms with Crippen LogP contribution in [-0.4, -0.2) is 133 Å². The maximum Gasteiger partial charge on any atom is 0.163 e. The van der Waals surface area contributed by atoms with Gasteiger partial charge in [0, 0.05) is 72.9 Å². The van der Waals surface area contributed by atoms with Crippen LogP contribution in [0.15, 0.2) is 69.5 Å². The number of phenols is 1. The van der Waals surface area contributed by atoms with Crippen LogP contribution in [0.5, 0.6) is 23.0 Å². The molecule has 4 fully saturated rings. The number of pyridine rings is 2. The number of anilines is 2. The average Bonchev–Trinajstić information content (AvgIpc) is 4.22. The minimum Gasteiger partial charge on any atom is -0.504 e. The van der Waals surface area contributed by atoms with E-state index in [1.165, 1.54) is 25.9 Å². The second-order valence-corrected chi connectivity index (χ2v) is 21.3. The molecule has 4 aromatic heterocycles. The zero-order chi connectivity index (χ0) is 48.9. The Balaban J connectivity index is 0.765. The van der Waals surface area contributed by atoms with Gasteiger partial charge >= 0.3 is 0 Å². The van der Waals surface area contributed by atoms with E-state index in [0.717, 1.165) is 178 Å². The first-order valence-electron chi connectivity index (χ1n) is 26.5. The fourth-order valence-electron chi connectivity index (χ4n) is 11.2. The summed E-state index contributed by atoms with van der Waals surface area (Å²) in [5.41, 5.74) is 4.41. The van der Waals surface area contributed by atoms with E-state index in [2.05, 4.69) is 56.6 Å². The topological polar surface area (TPSA) is 154 Å². The minimum atomic E-state index is -0.610. The molecule has 3 aliphatic heterocycles. The van der Waals surface area contributed by atoms with Crippen LogP contribution in [0.3, 0.4) is 0 Å². The molecular weight excluding hydrogens is 895 g/mol. The van der Waals surface area contributed by atoms with Gasteiger partial charge in [0.1, 0.15) is 22.9 Å². The fraction of sp³-hybridized carbons (Fsp3) is 0.544. The number of piperidine rings is 1. The molecule has 1 unspecified atom stereocenters. The number of furan rings is 2. The number of likely N-dealkylation sites (tertiary alicyclic amines) is 3. The number of fused-ring (bicyclic) bond motifs is 2. The molecule has 1 aliphatic carbocycles. The minimum absolute atomic E-state index is 0.141. The number of nitrogens with one attached hydrogen (secondary N) is 2. The Hall–Kier alpha value is -5.54. The third kappa shape index (κ3) is 12.2. The number of ether oxygens (including phenoxy) is 3. The van der Waals surface area contributed by atoms with Crippen LogP contribution in [0.4, 0.5) is 11.4 Å². The highest BCUT2D eigenvalue weighted by Gasteiger charge is 2.30. The molecule has 3 saturated heterocycles. The van der Waals surface area contributed by atoms with E-state index < -0.39 is 5.60 Å². The van der Waals surface area contributed by atoms with E-state index in [0.29, 0.717) is 42.3 Å². The van der Waals surface area contributed by atoms with E-state index in [1.807, 2.05) is 44.2 Å². The lowest BCUT2D eigenvalue weighted by Crippen LogP contribution is -2.35. The van der Waals surface area contributed by atoms with Gasteiger partial charge in [0.15, 0.2) is 34.5 Å². The third-order valence-corrected chi connectivity index (χ3v) is 15.5. The molecule has 1 saturated carbocycles. The van der Waals surface area contributed by atoms with Crippen molar-refractivity contribution in [3.8, 4) is 45.9 Å². The molecule has 0 amide bonds. The third-order valence-electron chi connectivity index (χ3n) is 15.5. The number of phenolic OH excluding ortho intramolecular Hbond substituents is 1. The molecule has 4 aliphatic rings. The van der Waals surface area contributed by atoms with Gasteiger partial charge in [0.05, 0.1) is 37.0 Å². The van der Waals surface area contributed by atoms with Gasteiger partial charge in [-0.05, 0) is 185 Å². The van der Waals surface area contributed by atoms with Crippen LogP contribution in [-0.2, 0) is 6.42 Å². The Labute approximate surface area is 419 Å². The summed E-state index contributed by atoms with van der Waals surface area (Å²) in [4.78, 5) is 17.6. The van der Waals surface area contributed by atoms with Gasteiger partial charge in [-0.3, -0.25) is 0 Å². The lowest BCUT2D eigenvalue weighted by molar-refractivity contribution is 0.0196. The molecule has 10 rings (SSSR count). The number of hydrogen-bond donors (Lipinski definition) is 4. The number of hydrogen-bond acceptors (Lipinski definition) is 14. The highest BCUT2D eigenvalue weighted by Crippen LogP contribution is 2.40. The van der Waals surface area contributed by atoms with Crippen molar-refractivity contribution < 1.29 is 33.3 Å². The molecule has 71 heavy (non-hydrogen) atoms. The zero-order valence-electron chi connectivity index (χ0n) is 42.4. The number of aromatic nitrogens is 2. The predicted octanol–water partition coefficient (Wildman–Crippen LogP) is 10.4. The van der Waals surface area contributed by atoms with Gasteiger partial charge in [-0.15, -0.1) is 0 Å². The van der Waals surface area contributed by atoms with Gasteiger partial charge in [-0.2, -0.15) is 0 Å². The van der Waals surface area contributed by atoms with E-state index in [9.17, 15) is 10.2 Å². The second kappa shape index (κ2) is 22.1. The Bertz CT molecular complexity index is 2730. The first-order valence-corrected chi connectivity index (χ1v) is 26.5. The SMILES string of the molecule is COc1cc2c(NC3CCC(C)(O)CC3)cc(-c3ccc(C)o3)nc2cc1OCCCN1CCC(Cc2ccc(-c3cc(NCC4CCN(C)CC4)c4cc(O)c(OCCCN5CCCC5)cc4n3)o2)C1. The summed E-state index contributed by atoms with van der Waals surface area (Å²) in [5.74, 6) is 6.30. The van der Waals surface area contributed by atoms with Gasteiger partial charge in [0.2, 0.25) is 0 Å². The fourth-order valence-corrected chi connectivity index (χ4v) is 11.2. The molecule has 4 N–H and O–H groups in total. The number of rotatable bonds is 20. The first-order chi connectivity index (χ1) is 34.5. The summed E-state index contributed by atoms with van der Waals surface area (Å²) in [6.07, 6.45) is 11.9. The van der Waals surface area contributed by atoms with Gasteiger partial charge in [0.25, 0.3) is 0 Å².